The average Bonchev–Trinajstić information content (AvgIpc) is 3.64. The zero-order valence-electron chi connectivity index (χ0n) is 25.1. The second-order valence-electron chi connectivity index (χ2n) is 10.1. The van der Waals surface area contributed by atoms with Crippen molar-refractivity contribution in [2.75, 3.05) is 0 Å². The van der Waals surface area contributed by atoms with E-state index in [4.69, 9.17) is 19.1 Å². The number of fused-ring (bicyclic) bond motifs is 1. The Labute approximate surface area is 270 Å². The van der Waals surface area contributed by atoms with Crippen LogP contribution in [0.3, 0.4) is 0 Å². The highest BCUT2D eigenvalue weighted by molar-refractivity contribution is 7.86. The van der Waals surface area contributed by atoms with Gasteiger partial charge < -0.3 is 10.1 Å². The number of nitrogens with one attached hydrogen (secondary N) is 1. The van der Waals surface area contributed by atoms with Crippen molar-refractivity contribution in [3.63, 3.8) is 0 Å². The zero-order chi connectivity index (χ0) is 34.2. The summed E-state index contributed by atoms with van der Waals surface area (Å²) in [5.74, 6) is 0.235. The minimum atomic E-state index is -4.02. The summed E-state index contributed by atoms with van der Waals surface area (Å²) >= 11 is 0. The van der Waals surface area contributed by atoms with Gasteiger partial charge in [0.15, 0.2) is 0 Å². The summed E-state index contributed by atoms with van der Waals surface area (Å²) in [5.41, 5.74) is 4.63. The van der Waals surface area contributed by atoms with Gasteiger partial charge in [0.2, 0.25) is 5.88 Å². The third kappa shape index (κ3) is 9.97. The predicted molar refractivity (Wildman–Crippen MR) is 167 cm³/mol. The van der Waals surface area contributed by atoms with Crippen LogP contribution in [0.4, 0.5) is 4.39 Å². The maximum Gasteiger partial charge on any atom is 0.294 e. The molecule has 3 heterocycles. The lowest BCUT2D eigenvalue weighted by molar-refractivity contribution is 0.287. The van der Waals surface area contributed by atoms with Gasteiger partial charge in [0.25, 0.3) is 26.2 Å². The van der Waals surface area contributed by atoms with Gasteiger partial charge >= 0.3 is 0 Å². The van der Waals surface area contributed by atoms with E-state index < -0.39 is 26.1 Å². The summed E-state index contributed by atoms with van der Waals surface area (Å²) in [7, 11) is -8.04. The third-order valence-corrected chi connectivity index (χ3v) is 8.24. The number of benzene rings is 3. The van der Waals surface area contributed by atoms with Gasteiger partial charge in [-0.15, -0.1) is 0 Å². The largest absolute Gasteiger partial charge is 0.473 e. The maximum absolute atomic E-state index is 13.9. The van der Waals surface area contributed by atoms with Crippen molar-refractivity contribution in [3.8, 4) is 17.9 Å². The molecule has 3 N–H and O–H groups in total. The SMILES string of the molecule is Cc1ccc(S(=O)(=O)O)cc1.Cc1ccc(S(=O)(=O)O)cc1.N#Cc1ccc(COc2ccnc(-n3cc4c(n3)CNC4)n2)c(F)c1. The highest BCUT2D eigenvalue weighted by Gasteiger charge is 2.16. The van der Waals surface area contributed by atoms with E-state index in [1.54, 1.807) is 47.3 Å². The van der Waals surface area contributed by atoms with Gasteiger partial charge in [-0.2, -0.15) is 32.2 Å². The Morgan fingerprint density at radius 2 is 1.51 bits per heavy atom. The van der Waals surface area contributed by atoms with Crippen LogP contribution in [-0.4, -0.2) is 45.7 Å². The summed E-state index contributed by atoms with van der Waals surface area (Å²) in [6.07, 6.45) is 3.45. The first-order valence-corrected chi connectivity index (χ1v) is 16.6. The van der Waals surface area contributed by atoms with Gasteiger partial charge in [-0.3, -0.25) is 9.11 Å². The minimum absolute atomic E-state index is 0.00746. The summed E-state index contributed by atoms with van der Waals surface area (Å²) < 4.78 is 80.2. The Hall–Kier alpha value is -5.05. The molecule has 0 aliphatic carbocycles. The molecule has 0 unspecified atom stereocenters. The van der Waals surface area contributed by atoms with Crippen molar-refractivity contribution in [3.05, 3.63) is 125 Å². The third-order valence-electron chi connectivity index (χ3n) is 6.50. The highest BCUT2D eigenvalue weighted by atomic mass is 32.2. The molecule has 2 aromatic heterocycles. The molecule has 0 radical (unpaired) electrons. The van der Waals surface area contributed by atoms with Gasteiger partial charge in [-0.1, -0.05) is 41.5 Å². The van der Waals surface area contributed by atoms with E-state index in [-0.39, 0.29) is 22.0 Å². The van der Waals surface area contributed by atoms with Gasteiger partial charge in [0.05, 0.1) is 27.1 Å². The normalized spacial score (nSPS) is 12.1. The summed E-state index contributed by atoms with van der Waals surface area (Å²) in [6, 6.07) is 19.7. The molecule has 1 aliphatic rings. The van der Waals surface area contributed by atoms with Crippen LogP contribution in [0.25, 0.3) is 5.95 Å². The lowest BCUT2D eigenvalue weighted by Gasteiger charge is -2.07. The zero-order valence-corrected chi connectivity index (χ0v) is 26.7. The van der Waals surface area contributed by atoms with Crippen molar-refractivity contribution in [2.24, 2.45) is 0 Å². The minimum Gasteiger partial charge on any atom is -0.473 e. The average molecular weight is 681 g/mol. The first-order valence-electron chi connectivity index (χ1n) is 13.7. The van der Waals surface area contributed by atoms with Crippen molar-refractivity contribution < 1.29 is 35.1 Å². The molecule has 13 nitrogen and oxygen atoms in total. The molecule has 5 aromatic rings. The van der Waals surface area contributed by atoms with E-state index in [0.29, 0.717) is 17.4 Å². The number of ether oxygens (including phenoxy) is 1. The van der Waals surface area contributed by atoms with Crippen LogP contribution >= 0.6 is 0 Å². The Kier molecular flexibility index (Phi) is 11.1. The number of hydrogen-bond acceptors (Lipinski definition) is 10. The van der Waals surface area contributed by atoms with Gasteiger partial charge in [0.1, 0.15) is 12.4 Å². The molecule has 0 atom stereocenters. The maximum atomic E-state index is 13.9. The molecule has 0 amide bonds. The quantitative estimate of drug-likeness (QED) is 0.215. The first-order chi connectivity index (χ1) is 22.2. The molecule has 0 saturated heterocycles. The van der Waals surface area contributed by atoms with E-state index in [9.17, 15) is 21.2 Å². The molecule has 1 aliphatic heterocycles. The molecule has 0 spiro atoms. The standard InChI is InChI=1S/C17H13FN6O.2C7H8O3S/c18-14-5-11(6-19)1-2-12(14)10-25-16-3-4-21-17(22-16)24-9-13-7-20-8-15(13)23-24;2*1-6-2-4-7(5-3-6)11(8,9)10/h1-5,9,20H,7-8,10H2;2*2-5H,1H3,(H,8,9,10). The Balaban J connectivity index is 0.000000188. The van der Waals surface area contributed by atoms with Crippen molar-refractivity contribution in [1.29, 1.82) is 5.26 Å². The molecule has 16 heteroatoms. The van der Waals surface area contributed by atoms with E-state index >= 15 is 0 Å². The molecule has 0 fully saturated rings. The van der Waals surface area contributed by atoms with Gasteiger partial charge in [-0.05, 0) is 50.2 Å². The Morgan fingerprint density at radius 3 is 2.02 bits per heavy atom. The smallest absolute Gasteiger partial charge is 0.294 e. The lowest BCUT2D eigenvalue weighted by atomic mass is 10.1. The predicted octanol–water partition coefficient (Wildman–Crippen LogP) is 4.34. The molecule has 3 aromatic carbocycles. The number of halogens is 1. The summed E-state index contributed by atoms with van der Waals surface area (Å²) in [6.45, 7) is 5.20. The van der Waals surface area contributed by atoms with E-state index in [2.05, 4.69) is 20.4 Å². The molecule has 244 valence electrons. The second kappa shape index (κ2) is 15.0. The Morgan fingerprint density at radius 1 is 0.915 bits per heavy atom. The molecule has 47 heavy (non-hydrogen) atoms. The van der Waals surface area contributed by atoms with Crippen LogP contribution in [0.1, 0.15) is 33.5 Å². The van der Waals surface area contributed by atoms with Crippen LogP contribution in [0.5, 0.6) is 5.88 Å². The van der Waals surface area contributed by atoms with Gasteiger partial charge in [-0.25, -0.2) is 14.1 Å². The number of nitriles is 1. The molecule has 6 rings (SSSR count). The molecular weight excluding hydrogens is 652 g/mol. The fourth-order valence-corrected chi connectivity index (χ4v) is 4.95. The van der Waals surface area contributed by atoms with Crippen molar-refractivity contribution >= 4 is 20.2 Å². The van der Waals surface area contributed by atoms with Crippen LogP contribution in [0.15, 0.2) is 95.0 Å². The molecule has 0 bridgehead atoms. The van der Waals surface area contributed by atoms with Gasteiger partial charge in [0, 0.05) is 42.7 Å². The van der Waals surface area contributed by atoms with E-state index in [1.807, 2.05) is 26.1 Å². The molecular formula is C31H29FN6O7S2. The molecule has 0 saturated carbocycles. The first kappa shape index (κ1) is 34.8. The lowest BCUT2D eigenvalue weighted by Crippen LogP contribution is -2.08. The van der Waals surface area contributed by atoms with Crippen LogP contribution in [-0.2, 0) is 39.9 Å². The topological polar surface area (TPSA) is 197 Å². The Bertz CT molecular complexity index is 2020. The number of rotatable bonds is 6. The highest BCUT2D eigenvalue weighted by Crippen LogP contribution is 2.17. The number of hydrogen-bond donors (Lipinski definition) is 3. The van der Waals surface area contributed by atoms with Crippen LogP contribution in [0, 0.1) is 31.0 Å². The van der Waals surface area contributed by atoms with E-state index in [0.717, 1.165) is 35.5 Å². The van der Waals surface area contributed by atoms with Crippen LogP contribution in [0.2, 0.25) is 0 Å². The second-order valence-corrected chi connectivity index (χ2v) is 13.0. The van der Waals surface area contributed by atoms with Crippen molar-refractivity contribution in [2.45, 2.75) is 43.3 Å². The van der Waals surface area contributed by atoms with Crippen LogP contribution < -0.4 is 10.1 Å². The monoisotopic (exact) mass is 680 g/mol. The van der Waals surface area contributed by atoms with Crippen molar-refractivity contribution in [1.82, 2.24) is 25.1 Å². The number of aryl methyl sites for hydroxylation is 2. The summed E-state index contributed by atoms with van der Waals surface area (Å²) in [4.78, 5) is 8.37. The number of aromatic nitrogens is 4. The summed E-state index contributed by atoms with van der Waals surface area (Å²) in [5, 5.41) is 16.4. The number of nitrogens with zero attached hydrogens (tertiary/aromatic N) is 5. The fourth-order valence-electron chi connectivity index (χ4n) is 3.99. The fraction of sp³-hybridized carbons (Fsp3) is 0.161. The van der Waals surface area contributed by atoms with E-state index in [1.165, 1.54) is 36.4 Å².